The van der Waals surface area contributed by atoms with Crippen LogP contribution >= 0.6 is 46.7 Å². The summed E-state index contributed by atoms with van der Waals surface area (Å²) in [6.45, 7) is 3.76. The molecule has 10 heteroatoms. The molecule has 0 unspecified atom stereocenters. The highest BCUT2D eigenvalue weighted by molar-refractivity contribution is 7.99. The second-order valence-corrected chi connectivity index (χ2v) is 8.01. The molecule has 0 aliphatic rings. The maximum atomic E-state index is 10.5. The zero-order chi connectivity index (χ0) is 22.1. The minimum Gasteiger partial charge on any atom is -0.426 e. The smallest absolute Gasteiger partial charge is 0.262 e. The van der Waals surface area contributed by atoms with Crippen LogP contribution in [0, 0.1) is 11.3 Å². The molecule has 1 aromatic carbocycles. The van der Waals surface area contributed by atoms with Crippen molar-refractivity contribution in [2.75, 3.05) is 18.6 Å². The highest BCUT2D eigenvalue weighted by atomic mass is 35.5. The van der Waals surface area contributed by atoms with E-state index in [0.29, 0.717) is 21.2 Å². The van der Waals surface area contributed by atoms with Gasteiger partial charge in [-0.05, 0) is 35.7 Å². The first-order valence-electron chi connectivity index (χ1n) is 8.28. The predicted molar refractivity (Wildman–Crippen MR) is 123 cm³/mol. The number of carbonyl (C=O) groups is 1. The third-order valence-electron chi connectivity index (χ3n) is 3.57. The number of rotatable bonds is 6. The second-order valence-electron chi connectivity index (χ2n) is 5.36. The van der Waals surface area contributed by atoms with E-state index in [0.717, 1.165) is 17.4 Å². The summed E-state index contributed by atoms with van der Waals surface area (Å²) in [5, 5.41) is 12.8. The summed E-state index contributed by atoms with van der Waals surface area (Å²) < 4.78 is 5.09. The van der Waals surface area contributed by atoms with Crippen molar-refractivity contribution in [3.05, 3.63) is 64.4 Å². The number of nitrogens with one attached hydrogen (secondary N) is 1. The van der Waals surface area contributed by atoms with Gasteiger partial charge in [-0.3, -0.25) is 9.78 Å². The molecular formula is C20H16Cl2N4O2S2. The molecule has 154 valence electrons. The van der Waals surface area contributed by atoms with Gasteiger partial charge in [0, 0.05) is 30.0 Å². The van der Waals surface area contributed by atoms with Crippen molar-refractivity contribution < 1.29 is 9.21 Å². The van der Waals surface area contributed by atoms with Crippen molar-refractivity contribution in [1.82, 2.24) is 9.97 Å². The summed E-state index contributed by atoms with van der Waals surface area (Å²) in [5.41, 5.74) is 2.34. The first-order valence-corrected chi connectivity index (χ1v) is 11.1. The molecule has 0 fully saturated rings. The normalized spacial score (nSPS) is 9.83. The van der Waals surface area contributed by atoms with E-state index in [-0.39, 0.29) is 16.7 Å². The Morgan fingerprint density at radius 2 is 2.00 bits per heavy atom. The zero-order valence-corrected chi connectivity index (χ0v) is 19.1. The summed E-state index contributed by atoms with van der Waals surface area (Å²) in [4.78, 5) is 19.8. The quantitative estimate of drug-likeness (QED) is 0.325. The number of aldehydes is 1. The van der Waals surface area contributed by atoms with Crippen molar-refractivity contribution >= 4 is 64.8 Å². The highest BCUT2D eigenvalue weighted by Crippen LogP contribution is 2.39. The standard InChI is InChI=1S/C10H3Cl2N3O2S.C10H13NS/c11-5-2-14-3-6(12)9(5)18-10-7(1-13)15-8(4-16)17-10;1-4-8-5-6-9(11-2)7-10(8)12-3/h2-4H;4-7,11H,1H2,2-3H3. The molecule has 0 saturated heterocycles. The number of nitrogens with zero attached hydrogens (tertiary/aromatic N) is 3. The molecule has 6 nitrogen and oxygen atoms in total. The Bertz CT molecular complexity index is 1080. The first-order chi connectivity index (χ1) is 14.5. The molecule has 0 atom stereocenters. The van der Waals surface area contributed by atoms with E-state index in [2.05, 4.69) is 46.3 Å². The number of hydrogen-bond acceptors (Lipinski definition) is 8. The van der Waals surface area contributed by atoms with Gasteiger partial charge in [0.15, 0.2) is 5.69 Å². The number of anilines is 1. The third-order valence-corrected chi connectivity index (χ3v) is 6.26. The van der Waals surface area contributed by atoms with Crippen molar-refractivity contribution in [3.8, 4) is 6.07 Å². The molecule has 0 bridgehead atoms. The number of aromatic nitrogens is 2. The molecule has 0 amide bonds. The molecule has 0 saturated carbocycles. The average Bonchev–Trinajstić information content (AvgIpc) is 3.18. The molecule has 2 aromatic heterocycles. The minimum atomic E-state index is -0.171. The van der Waals surface area contributed by atoms with Crippen LogP contribution in [0.3, 0.4) is 0 Å². The van der Waals surface area contributed by atoms with E-state index in [4.69, 9.17) is 32.9 Å². The van der Waals surface area contributed by atoms with Crippen molar-refractivity contribution in [2.45, 2.75) is 14.9 Å². The zero-order valence-electron chi connectivity index (χ0n) is 16.0. The summed E-state index contributed by atoms with van der Waals surface area (Å²) in [7, 11) is 1.92. The second kappa shape index (κ2) is 11.7. The van der Waals surface area contributed by atoms with Crippen molar-refractivity contribution in [1.29, 1.82) is 5.26 Å². The molecule has 0 aliphatic carbocycles. The van der Waals surface area contributed by atoms with Gasteiger partial charge in [-0.1, -0.05) is 41.9 Å². The van der Waals surface area contributed by atoms with E-state index in [1.807, 2.05) is 19.2 Å². The fourth-order valence-corrected chi connectivity index (χ4v) is 4.17. The van der Waals surface area contributed by atoms with Crippen LogP contribution in [0.15, 0.2) is 56.5 Å². The number of carbonyl (C=O) groups excluding carboxylic acids is 1. The Balaban J connectivity index is 0.000000232. The Labute approximate surface area is 192 Å². The largest absolute Gasteiger partial charge is 0.426 e. The fourth-order valence-electron chi connectivity index (χ4n) is 2.14. The Hall–Kier alpha value is -2.44. The summed E-state index contributed by atoms with van der Waals surface area (Å²) in [6.07, 6.45) is 7.20. The van der Waals surface area contributed by atoms with Gasteiger partial charge in [0.1, 0.15) is 6.07 Å². The van der Waals surface area contributed by atoms with Crippen LogP contribution in [0.5, 0.6) is 0 Å². The topological polar surface area (TPSA) is 91.8 Å². The molecule has 2 heterocycles. The van der Waals surface area contributed by atoms with Gasteiger partial charge < -0.3 is 9.73 Å². The fraction of sp³-hybridized carbons (Fsp3) is 0.100. The van der Waals surface area contributed by atoms with Gasteiger partial charge >= 0.3 is 0 Å². The minimum absolute atomic E-state index is 0.00560. The molecule has 0 spiro atoms. The molecular weight excluding hydrogens is 463 g/mol. The highest BCUT2D eigenvalue weighted by Gasteiger charge is 2.17. The van der Waals surface area contributed by atoms with Gasteiger partial charge in [0.25, 0.3) is 5.89 Å². The van der Waals surface area contributed by atoms with Gasteiger partial charge in [-0.15, -0.1) is 11.8 Å². The van der Waals surface area contributed by atoms with Gasteiger partial charge in [0.2, 0.25) is 11.4 Å². The monoisotopic (exact) mass is 478 g/mol. The van der Waals surface area contributed by atoms with Crippen LogP contribution in [0.25, 0.3) is 6.08 Å². The summed E-state index contributed by atoms with van der Waals surface area (Å²) in [5.74, 6) is -0.171. The number of pyridine rings is 1. The van der Waals surface area contributed by atoms with Crippen LogP contribution in [-0.4, -0.2) is 29.6 Å². The lowest BCUT2D eigenvalue weighted by Crippen LogP contribution is -1.88. The van der Waals surface area contributed by atoms with Crippen LogP contribution in [0.2, 0.25) is 10.0 Å². The molecule has 3 rings (SSSR count). The van der Waals surface area contributed by atoms with Gasteiger partial charge in [-0.2, -0.15) is 10.2 Å². The van der Waals surface area contributed by atoms with Crippen LogP contribution in [-0.2, 0) is 0 Å². The molecule has 0 aliphatic heterocycles. The van der Waals surface area contributed by atoms with Crippen LogP contribution in [0.4, 0.5) is 5.69 Å². The molecule has 1 N–H and O–H groups in total. The Morgan fingerprint density at radius 1 is 1.30 bits per heavy atom. The van der Waals surface area contributed by atoms with Gasteiger partial charge in [-0.25, -0.2) is 0 Å². The first kappa shape index (κ1) is 23.8. The number of oxazole rings is 1. The van der Waals surface area contributed by atoms with E-state index in [1.54, 1.807) is 11.8 Å². The van der Waals surface area contributed by atoms with E-state index in [9.17, 15) is 4.79 Å². The lowest BCUT2D eigenvalue weighted by atomic mass is 10.2. The molecule has 30 heavy (non-hydrogen) atoms. The average molecular weight is 479 g/mol. The number of benzene rings is 1. The third kappa shape index (κ3) is 6.03. The molecule has 0 radical (unpaired) electrons. The summed E-state index contributed by atoms with van der Waals surface area (Å²) in [6, 6.07) is 8.08. The summed E-state index contributed by atoms with van der Waals surface area (Å²) >= 11 is 14.6. The van der Waals surface area contributed by atoms with Crippen LogP contribution in [0.1, 0.15) is 21.9 Å². The van der Waals surface area contributed by atoms with Crippen molar-refractivity contribution in [3.63, 3.8) is 0 Å². The number of nitriles is 1. The van der Waals surface area contributed by atoms with Crippen LogP contribution < -0.4 is 5.32 Å². The number of thioether (sulfide) groups is 1. The maximum absolute atomic E-state index is 10.5. The Morgan fingerprint density at radius 3 is 2.53 bits per heavy atom. The number of halogens is 2. The lowest BCUT2D eigenvalue weighted by Gasteiger charge is -2.05. The predicted octanol–water partition coefficient (Wildman–Crippen LogP) is 6.30. The van der Waals surface area contributed by atoms with E-state index < -0.39 is 0 Å². The number of hydrogen-bond donors (Lipinski definition) is 1. The lowest BCUT2D eigenvalue weighted by molar-refractivity contribution is 0.109. The van der Waals surface area contributed by atoms with Crippen molar-refractivity contribution in [2.24, 2.45) is 0 Å². The Kier molecular flexibility index (Phi) is 9.27. The van der Waals surface area contributed by atoms with E-state index in [1.165, 1.54) is 22.9 Å². The maximum Gasteiger partial charge on any atom is 0.262 e. The van der Waals surface area contributed by atoms with Gasteiger partial charge in [0.05, 0.1) is 14.9 Å². The SMILES string of the molecule is C=Cc1ccc(NC)cc1SC.N#Cc1nc(C=O)oc1Sc1c(Cl)cncc1Cl. The molecule has 3 aromatic rings. The van der Waals surface area contributed by atoms with E-state index >= 15 is 0 Å².